The van der Waals surface area contributed by atoms with Crippen LogP contribution in [0.4, 0.5) is 4.39 Å². The molecule has 0 aliphatic carbocycles. The first-order chi connectivity index (χ1) is 8.13. The largest absolute Gasteiger partial charge is 0.315 e. The molecule has 0 radical (unpaired) electrons. The number of nitrogens with one attached hydrogen (secondary N) is 2. The first-order valence-corrected chi connectivity index (χ1v) is 6.32. The van der Waals surface area contributed by atoms with E-state index in [1.54, 1.807) is 6.07 Å². The van der Waals surface area contributed by atoms with Crippen molar-refractivity contribution in [2.75, 3.05) is 13.1 Å². The van der Waals surface area contributed by atoms with Crippen LogP contribution in [0, 0.1) is 12.7 Å². The van der Waals surface area contributed by atoms with Crippen molar-refractivity contribution in [3.05, 3.63) is 35.1 Å². The molecule has 0 heterocycles. The normalized spacial score (nSPS) is 12.7. The van der Waals surface area contributed by atoms with E-state index >= 15 is 0 Å². The highest BCUT2D eigenvalue weighted by Gasteiger charge is 2.03. The van der Waals surface area contributed by atoms with Crippen molar-refractivity contribution in [3.8, 4) is 0 Å². The van der Waals surface area contributed by atoms with Gasteiger partial charge < -0.3 is 10.6 Å². The summed E-state index contributed by atoms with van der Waals surface area (Å²) in [7, 11) is 0. The SMILES string of the molecule is CCCNCC(C)NCc1cc(F)ccc1C. The Morgan fingerprint density at radius 1 is 1.35 bits per heavy atom. The minimum Gasteiger partial charge on any atom is -0.315 e. The Kier molecular flexibility index (Phi) is 6.16. The third kappa shape index (κ3) is 5.29. The molecule has 3 heteroatoms. The van der Waals surface area contributed by atoms with E-state index in [-0.39, 0.29) is 5.82 Å². The third-order valence-electron chi connectivity index (χ3n) is 2.83. The van der Waals surface area contributed by atoms with Crippen LogP contribution in [0.25, 0.3) is 0 Å². The predicted octanol–water partition coefficient (Wildman–Crippen LogP) is 2.61. The molecule has 0 aliphatic rings. The molecule has 1 rings (SSSR count). The highest BCUT2D eigenvalue weighted by molar-refractivity contribution is 5.26. The fourth-order valence-corrected chi connectivity index (χ4v) is 1.68. The molecule has 1 aromatic carbocycles. The zero-order valence-corrected chi connectivity index (χ0v) is 11.0. The summed E-state index contributed by atoms with van der Waals surface area (Å²) in [5, 5.41) is 6.76. The molecular formula is C14H23FN2. The molecule has 1 unspecified atom stereocenters. The van der Waals surface area contributed by atoms with Gasteiger partial charge in [-0.15, -0.1) is 0 Å². The van der Waals surface area contributed by atoms with Gasteiger partial charge in [0.15, 0.2) is 0 Å². The van der Waals surface area contributed by atoms with Gasteiger partial charge >= 0.3 is 0 Å². The lowest BCUT2D eigenvalue weighted by atomic mass is 10.1. The molecule has 96 valence electrons. The molecule has 0 aliphatic heterocycles. The topological polar surface area (TPSA) is 24.1 Å². The van der Waals surface area contributed by atoms with Gasteiger partial charge in [0.05, 0.1) is 0 Å². The minimum atomic E-state index is -0.163. The number of hydrogen-bond acceptors (Lipinski definition) is 2. The van der Waals surface area contributed by atoms with Crippen molar-refractivity contribution >= 4 is 0 Å². The highest BCUT2D eigenvalue weighted by atomic mass is 19.1. The maximum atomic E-state index is 13.1. The standard InChI is InChI=1S/C14H23FN2/c1-4-7-16-9-12(3)17-10-13-8-14(15)6-5-11(13)2/h5-6,8,12,16-17H,4,7,9-10H2,1-3H3. The lowest BCUT2D eigenvalue weighted by Crippen LogP contribution is -2.36. The summed E-state index contributed by atoms with van der Waals surface area (Å²) in [5.74, 6) is -0.163. The quantitative estimate of drug-likeness (QED) is 0.714. The number of halogens is 1. The summed E-state index contributed by atoms with van der Waals surface area (Å²) in [6.07, 6.45) is 1.15. The molecule has 0 saturated heterocycles. The van der Waals surface area contributed by atoms with E-state index in [9.17, 15) is 4.39 Å². The van der Waals surface area contributed by atoms with Crippen molar-refractivity contribution in [1.29, 1.82) is 0 Å². The van der Waals surface area contributed by atoms with E-state index < -0.39 is 0 Å². The molecule has 1 atom stereocenters. The number of aryl methyl sites for hydroxylation is 1. The van der Waals surface area contributed by atoms with E-state index in [2.05, 4.69) is 24.5 Å². The van der Waals surface area contributed by atoms with Crippen molar-refractivity contribution in [2.24, 2.45) is 0 Å². The van der Waals surface area contributed by atoms with Gasteiger partial charge in [0, 0.05) is 19.1 Å². The lowest BCUT2D eigenvalue weighted by molar-refractivity contribution is 0.499. The molecule has 0 saturated carbocycles. The van der Waals surface area contributed by atoms with Gasteiger partial charge in [-0.25, -0.2) is 4.39 Å². The van der Waals surface area contributed by atoms with E-state index in [1.165, 1.54) is 6.07 Å². The van der Waals surface area contributed by atoms with Gasteiger partial charge in [0.25, 0.3) is 0 Å². The van der Waals surface area contributed by atoms with Gasteiger partial charge in [-0.1, -0.05) is 13.0 Å². The molecule has 2 N–H and O–H groups in total. The number of benzene rings is 1. The van der Waals surface area contributed by atoms with Crippen molar-refractivity contribution in [3.63, 3.8) is 0 Å². The summed E-state index contributed by atoms with van der Waals surface area (Å²) in [6.45, 7) is 9.01. The maximum absolute atomic E-state index is 13.1. The Hall–Kier alpha value is -0.930. The van der Waals surface area contributed by atoms with Crippen LogP contribution in [0.15, 0.2) is 18.2 Å². The van der Waals surface area contributed by atoms with Crippen molar-refractivity contribution in [1.82, 2.24) is 10.6 Å². The Morgan fingerprint density at radius 2 is 2.12 bits per heavy atom. The fraction of sp³-hybridized carbons (Fsp3) is 0.571. The molecule has 2 nitrogen and oxygen atoms in total. The van der Waals surface area contributed by atoms with Crippen LogP contribution in [-0.4, -0.2) is 19.1 Å². The minimum absolute atomic E-state index is 0.163. The first kappa shape index (κ1) is 14.1. The zero-order chi connectivity index (χ0) is 12.7. The molecule has 0 amide bonds. The molecule has 17 heavy (non-hydrogen) atoms. The summed E-state index contributed by atoms with van der Waals surface area (Å²) in [6, 6.07) is 5.33. The Bertz CT molecular complexity index is 339. The van der Waals surface area contributed by atoms with Crippen LogP contribution in [0.5, 0.6) is 0 Å². The van der Waals surface area contributed by atoms with Gasteiger partial charge in [0.2, 0.25) is 0 Å². The van der Waals surface area contributed by atoms with Crippen molar-refractivity contribution in [2.45, 2.75) is 39.8 Å². The first-order valence-electron chi connectivity index (χ1n) is 6.32. The van der Waals surface area contributed by atoms with Crippen LogP contribution in [-0.2, 0) is 6.54 Å². The molecule has 0 bridgehead atoms. The van der Waals surface area contributed by atoms with E-state index in [1.807, 2.05) is 13.0 Å². The highest BCUT2D eigenvalue weighted by Crippen LogP contribution is 2.09. The van der Waals surface area contributed by atoms with Crippen LogP contribution >= 0.6 is 0 Å². The summed E-state index contributed by atoms with van der Waals surface area (Å²) >= 11 is 0. The summed E-state index contributed by atoms with van der Waals surface area (Å²) in [4.78, 5) is 0. The van der Waals surface area contributed by atoms with Crippen LogP contribution in [0.3, 0.4) is 0 Å². The van der Waals surface area contributed by atoms with Gasteiger partial charge in [-0.05, 0) is 50.1 Å². The van der Waals surface area contributed by atoms with Crippen LogP contribution in [0.2, 0.25) is 0 Å². The Morgan fingerprint density at radius 3 is 2.82 bits per heavy atom. The second-order valence-electron chi connectivity index (χ2n) is 4.56. The zero-order valence-electron chi connectivity index (χ0n) is 11.0. The fourth-order valence-electron chi connectivity index (χ4n) is 1.68. The summed E-state index contributed by atoms with van der Waals surface area (Å²) in [5.41, 5.74) is 2.17. The monoisotopic (exact) mass is 238 g/mol. The second kappa shape index (κ2) is 7.41. The van der Waals surface area contributed by atoms with Gasteiger partial charge in [-0.2, -0.15) is 0 Å². The van der Waals surface area contributed by atoms with Crippen LogP contribution in [0.1, 0.15) is 31.4 Å². The molecular weight excluding hydrogens is 215 g/mol. The summed E-state index contributed by atoms with van der Waals surface area (Å²) < 4.78 is 13.1. The van der Waals surface area contributed by atoms with Gasteiger partial charge in [0.1, 0.15) is 5.82 Å². The Balaban J connectivity index is 2.36. The molecule has 0 fully saturated rings. The molecule has 0 spiro atoms. The number of hydrogen-bond donors (Lipinski definition) is 2. The van der Waals surface area contributed by atoms with Crippen LogP contribution < -0.4 is 10.6 Å². The van der Waals surface area contributed by atoms with Gasteiger partial charge in [-0.3, -0.25) is 0 Å². The second-order valence-corrected chi connectivity index (χ2v) is 4.56. The molecule has 1 aromatic rings. The van der Waals surface area contributed by atoms with Crippen molar-refractivity contribution < 1.29 is 4.39 Å². The van der Waals surface area contributed by atoms with E-state index in [0.717, 1.165) is 37.2 Å². The third-order valence-corrected chi connectivity index (χ3v) is 2.83. The lowest BCUT2D eigenvalue weighted by Gasteiger charge is -2.15. The van der Waals surface area contributed by atoms with E-state index in [4.69, 9.17) is 0 Å². The smallest absolute Gasteiger partial charge is 0.123 e. The average molecular weight is 238 g/mol. The molecule has 0 aromatic heterocycles. The average Bonchev–Trinajstić information content (AvgIpc) is 2.31. The van der Waals surface area contributed by atoms with E-state index in [0.29, 0.717) is 6.04 Å². The maximum Gasteiger partial charge on any atom is 0.123 e. The predicted molar refractivity (Wildman–Crippen MR) is 70.6 cm³/mol. The Labute approximate surface area is 104 Å². The number of rotatable bonds is 7.